The fourth-order valence-electron chi connectivity index (χ4n) is 3.69. The van der Waals surface area contributed by atoms with E-state index in [-0.39, 0.29) is 6.17 Å². The van der Waals surface area contributed by atoms with E-state index in [1.165, 1.54) is 0 Å². The topological polar surface area (TPSA) is 73.9 Å². The van der Waals surface area contributed by atoms with E-state index in [1.807, 2.05) is 45.8 Å². The average Bonchev–Trinajstić information content (AvgIpc) is 3.34. The van der Waals surface area contributed by atoms with Crippen LogP contribution in [0.4, 0.5) is 0 Å². The largest absolute Gasteiger partial charge is 0.379 e. The van der Waals surface area contributed by atoms with Gasteiger partial charge in [-0.3, -0.25) is 4.90 Å². The summed E-state index contributed by atoms with van der Waals surface area (Å²) in [5.41, 5.74) is 3.78. The van der Waals surface area contributed by atoms with Crippen molar-refractivity contribution in [1.29, 1.82) is 0 Å². The number of benzene rings is 2. The summed E-state index contributed by atoms with van der Waals surface area (Å²) in [5.74, 6) is 0. The second-order valence-electron chi connectivity index (χ2n) is 6.77. The lowest BCUT2D eigenvalue weighted by Crippen LogP contribution is -2.38. The van der Waals surface area contributed by atoms with Crippen molar-refractivity contribution in [2.24, 2.45) is 0 Å². The third-order valence-electron chi connectivity index (χ3n) is 5.13. The highest BCUT2D eigenvalue weighted by molar-refractivity contribution is 5.75. The van der Waals surface area contributed by atoms with Gasteiger partial charge < -0.3 is 4.74 Å². The van der Waals surface area contributed by atoms with Gasteiger partial charge in [0.05, 0.1) is 24.2 Å². The van der Waals surface area contributed by atoms with Crippen LogP contribution < -0.4 is 0 Å². The van der Waals surface area contributed by atoms with Gasteiger partial charge >= 0.3 is 0 Å². The van der Waals surface area contributed by atoms with Gasteiger partial charge in [0.15, 0.2) is 0 Å². The Morgan fingerprint density at radius 1 is 0.815 bits per heavy atom. The molecule has 0 aliphatic carbocycles. The standard InChI is InChI=1S/C19H21N7O/c1-3-7-17-15(5-1)20-22-25(17)19(9-10-24-11-13-27-14-12-24)26-18-8-4-2-6-16(18)21-23-26/h1-8,19H,9-14H2. The summed E-state index contributed by atoms with van der Waals surface area (Å²) in [6.07, 6.45) is 0.772. The molecule has 0 unspecified atom stereocenters. The molecule has 0 spiro atoms. The van der Waals surface area contributed by atoms with Gasteiger partial charge in [0.25, 0.3) is 0 Å². The summed E-state index contributed by atoms with van der Waals surface area (Å²) >= 11 is 0. The van der Waals surface area contributed by atoms with E-state index in [2.05, 4.69) is 37.7 Å². The van der Waals surface area contributed by atoms with Crippen LogP contribution in [0.3, 0.4) is 0 Å². The van der Waals surface area contributed by atoms with Gasteiger partial charge in [-0.05, 0) is 24.3 Å². The Balaban J connectivity index is 1.54. The number of nitrogens with zero attached hydrogens (tertiary/aromatic N) is 7. The molecule has 138 valence electrons. The molecule has 0 N–H and O–H groups in total. The van der Waals surface area contributed by atoms with Crippen molar-refractivity contribution in [2.45, 2.75) is 12.6 Å². The predicted octanol–water partition coefficient (Wildman–Crippen LogP) is 1.95. The number of rotatable bonds is 5. The molecule has 1 aliphatic rings. The van der Waals surface area contributed by atoms with E-state index in [0.717, 1.165) is 61.3 Å². The third-order valence-corrected chi connectivity index (χ3v) is 5.13. The number of hydrogen-bond donors (Lipinski definition) is 0. The number of ether oxygens (including phenoxy) is 1. The quantitative estimate of drug-likeness (QED) is 0.540. The van der Waals surface area contributed by atoms with Crippen molar-refractivity contribution in [3.8, 4) is 0 Å². The van der Waals surface area contributed by atoms with Crippen LogP contribution in [0.2, 0.25) is 0 Å². The number of para-hydroxylation sites is 2. The van der Waals surface area contributed by atoms with Gasteiger partial charge in [-0.1, -0.05) is 34.7 Å². The molecule has 27 heavy (non-hydrogen) atoms. The first-order chi connectivity index (χ1) is 13.4. The highest BCUT2D eigenvalue weighted by atomic mass is 16.5. The maximum Gasteiger partial charge on any atom is 0.149 e. The lowest BCUT2D eigenvalue weighted by molar-refractivity contribution is 0.0346. The van der Waals surface area contributed by atoms with Gasteiger partial charge in [-0.25, -0.2) is 9.36 Å². The summed E-state index contributed by atoms with van der Waals surface area (Å²) in [4.78, 5) is 2.43. The Hall–Kier alpha value is -2.84. The van der Waals surface area contributed by atoms with Gasteiger partial charge in [0.2, 0.25) is 0 Å². The molecule has 2 aromatic heterocycles. The van der Waals surface area contributed by atoms with Crippen LogP contribution in [0, 0.1) is 0 Å². The Kier molecular flexibility index (Phi) is 4.27. The summed E-state index contributed by atoms with van der Waals surface area (Å²) in [7, 11) is 0. The zero-order chi connectivity index (χ0) is 18.1. The number of aromatic nitrogens is 6. The summed E-state index contributed by atoms with van der Waals surface area (Å²) in [5, 5.41) is 17.6. The van der Waals surface area contributed by atoms with E-state index in [4.69, 9.17) is 4.74 Å². The van der Waals surface area contributed by atoms with Gasteiger partial charge in [0.1, 0.15) is 17.2 Å². The molecule has 0 atom stereocenters. The predicted molar refractivity (Wildman–Crippen MR) is 101 cm³/mol. The Morgan fingerprint density at radius 3 is 1.96 bits per heavy atom. The first-order valence-electron chi connectivity index (χ1n) is 9.30. The molecule has 0 bridgehead atoms. The van der Waals surface area contributed by atoms with Crippen molar-refractivity contribution in [3.05, 3.63) is 48.5 Å². The molecule has 0 amide bonds. The molecule has 0 radical (unpaired) electrons. The second kappa shape index (κ2) is 7.05. The van der Waals surface area contributed by atoms with Crippen LogP contribution in [0.5, 0.6) is 0 Å². The molecule has 1 fully saturated rings. The lowest BCUT2D eigenvalue weighted by atomic mass is 10.2. The van der Waals surface area contributed by atoms with Crippen molar-refractivity contribution in [1.82, 2.24) is 34.9 Å². The monoisotopic (exact) mass is 363 g/mol. The lowest BCUT2D eigenvalue weighted by Gasteiger charge is -2.28. The minimum atomic E-state index is -0.0901. The minimum Gasteiger partial charge on any atom is -0.379 e. The van der Waals surface area contributed by atoms with Crippen LogP contribution >= 0.6 is 0 Å². The zero-order valence-corrected chi connectivity index (χ0v) is 15.0. The Morgan fingerprint density at radius 2 is 1.37 bits per heavy atom. The molecule has 5 rings (SSSR count). The van der Waals surface area contributed by atoms with E-state index in [1.54, 1.807) is 0 Å². The Labute approximate surface area is 156 Å². The molecule has 4 aromatic rings. The molecule has 8 heteroatoms. The maximum absolute atomic E-state index is 5.47. The molecule has 1 saturated heterocycles. The summed E-state index contributed by atoms with van der Waals surface area (Å²) in [6, 6.07) is 16.1. The summed E-state index contributed by atoms with van der Waals surface area (Å²) in [6.45, 7) is 4.45. The van der Waals surface area contributed by atoms with Crippen molar-refractivity contribution >= 4 is 22.1 Å². The average molecular weight is 363 g/mol. The highest BCUT2D eigenvalue weighted by Crippen LogP contribution is 2.23. The third kappa shape index (κ3) is 3.07. The molecular formula is C19H21N7O. The molecule has 1 aliphatic heterocycles. The van der Waals surface area contributed by atoms with Crippen molar-refractivity contribution in [3.63, 3.8) is 0 Å². The van der Waals surface area contributed by atoms with Crippen LogP contribution in [0.1, 0.15) is 12.6 Å². The van der Waals surface area contributed by atoms with Gasteiger partial charge in [0, 0.05) is 26.1 Å². The fraction of sp³-hybridized carbons (Fsp3) is 0.368. The van der Waals surface area contributed by atoms with E-state index in [0.29, 0.717) is 0 Å². The van der Waals surface area contributed by atoms with Gasteiger partial charge in [-0.2, -0.15) is 0 Å². The molecule has 0 saturated carbocycles. The SMILES string of the molecule is c1ccc2c(c1)nnn2C(CCN1CCOCC1)n1nnc2ccccc21. The van der Waals surface area contributed by atoms with E-state index < -0.39 is 0 Å². The molecule has 2 aromatic carbocycles. The smallest absolute Gasteiger partial charge is 0.149 e. The normalized spacial score (nSPS) is 15.9. The van der Waals surface area contributed by atoms with Crippen molar-refractivity contribution in [2.75, 3.05) is 32.8 Å². The minimum absolute atomic E-state index is 0.0901. The van der Waals surface area contributed by atoms with Crippen molar-refractivity contribution < 1.29 is 4.74 Å². The highest BCUT2D eigenvalue weighted by Gasteiger charge is 2.22. The molecule has 3 heterocycles. The van der Waals surface area contributed by atoms with Crippen LogP contribution in [0.15, 0.2) is 48.5 Å². The fourth-order valence-corrected chi connectivity index (χ4v) is 3.69. The van der Waals surface area contributed by atoms with E-state index >= 15 is 0 Å². The maximum atomic E-state index is 5.47. The number of fused-ring (bicyclic) bond motifs is 2. The Bertz CT molecular complexity index is 976. The van der Waals surface area contributed by atoms with Crippen LogP contribution in [-0.2, 0) is 4.74 Å². The molecular weight excluding hydrogens is 342 g/mol. The molecule has 8 nitrogen and oxygen atoms in total. The first-order valence-corrected chi connectivity index (χ1v) is 9.30. The van der Waals surface area contributed by atoms with Crippen LogP contribution in [-0.4, -0.2) is 67.7 Å². The number of morpholine rings is 1. The zero-order valence-electron chi connectivity index (χ0n) is 15.0. The van der Waals surface area contributed by atoms with Crippen LogP contribution in [0.25, 0.3) is 22.1 Å². The summed E-state index contributed by atoms with van der Waals surface area (Å²) < 4.78 is 9.41. The van der Waals surface area contributed by atoms with Gasteiger partial charge in [-0.15, -0.1) is 10.2 Å². The van der Waals surface area contributed by atoms with E-state index in [9.17, 15) is 0 Å². The first kappa shape index (κ1) is 16.3. The number of hydrogen-bond acceptors (Lipinski definition) is 6. The second-order valence-corrected chi connectivity index (χ2v) is 6.77.